The van der Waals surface area contributed by atoms with Crippen molar-refractivity contribution in [1.29, 1.82) is 0 Å². The minimum atomic E-state index is -0.704. The van der Waals surface area contributed by atoms with Gasteiger partial charge in [0.2, 0.25) is 0 Å². The Balaban J connectivity index is 1.75. The van der Waals surface area contributed by atoms with Gasteiger partial charge >= 0.3 is 0 Å². The highest BCUT2D eigenvalue weighted by Gasteiger charge is 2.22. The lowest BCUT2D eigenvalue weighted by Crippen LogP contribution is -2.35. The first kappa shape index (κ1) is 15.0. The molecule has 1 saturated heterocycles. The Kier molecular flexibility index (Phi) is 4.64. The molecule has 1 aliphatic carbocycles. The Morgan fingerprint density at radius 3 is 2.67 bits per heavy atom. The van der Waals surface area contributed by atoms with Crippen molar-refractivity contribution in [1.82, 2.24) is 9.78 Å². The molecule has 1 saturated carbocycles. The van der Waals surface area contributed by atoms with Gasteiger partial charge in [0.25, 0.3) is 5.56 Å². The first-order chi connectivity index (χ1) is 10.1. The maximum Gasteiger partial charge on any atom is 0.291 e. The van der Waals surface area contributed by atoms with Gasteiger partial charge in [0.1, 0.15) is 5.69 Å². The largest absolute Gasteiger partial charge is 0.376 e. The third kappa shape index (κ3) is 3.48. The van der Waals surface area contributed by atoms with Gasteiger partial charge in [0, 0.05) is 34.9 Å². The summed E-state index contributed by atoms with van der Waals surface area (Å²) < 4.78 is 12.9. The van der Waals surface area contributed by atoms with Crippen molar-refractivity contribution in [3.63, 3.8) is 0 Å². The summed E-state index contributed by atoms with van der Waals surface area (Å²) in [6.07, 6.45) is 6.77. The van der Waals surface area contributed by atoms with Crippen LogP contribution in [0.3, 0.4) is 0 Å². The van der Waals surface area contributed by atoms with E-state index in [0.29, 0.717) is 34.7 Å². The second-order valence-electron chi connectivity index (χ2n) is 5.92. The number of rotatable bonds is 4. The van der Waals surface area contributed by atoms with Crippen LogP contribution in [0.5, 0.6) is 0 Å². The number of halogens is 1. The van der Waals surface area contributed by atoms with Crippen LogP contribution >= 0.6 is 11.6 Å². The molecule has 0 spiro atoms. The van der Waals surface area contributed by atoms with Gasteiger partial charge in [0.05, 0.1) is 11.2 Å². The minimum Gasteiger partial charge on any atom is -0.376 e. The zero-order valence-corrected chi connectivity index (χ0v) is 13.5. The highest BCUT2D eigenvalue weighted by molar-refractivity contribution is 7.85. The van der Waals surface area contributed by atoms with Crippen molar-refractivity contribution in [2.45, 2.75) is 44.7 Å². The summed E-state index contributed by atoms with van der Waals surface area (Å²) in [5, 5.41) is 7.77. The van der Waals surface area contributed by atoms with E-state index in [-0.39, 0.29) is 11.6 Å². The molecule has 2 aliphatic rings. The molecule has 2 fully saturated rings. The van der Waals surface area contributed by atoms with E-state index in [1.54, 1.807) is 6.20 Å². The summed E-state index contributed by atoms with van der Waals surface area (Å²) in [4.78, 5) is 12.5. The molecule has 0 unspecified atom stereocenters. The Hall–Kier alpha value is -0.880. The predicted octanol–water partition coefficient (Wildman–Crippen LogP) is 2.02. The number of hydrogen-bond acceptors (Lipinski definition) is 4. The summed E-state index contributed by atoms with van der Waals surface area (Å²) in [6.45, 7) is 0.680. The van der Waals surface area contributed by atoms with Crippen molar-refractivity contribution >= 4 is 28.1 Å². The lowest BCUT2D eigenvalue weighted by Gasteiger charge is -2.26. The standard InChI is InChI=1S/C14H20ClN3O2S/c15-12-8-16-18(9-10-2-1-3-10)14(19)13(12)17-11-4-6-21(20)7-5-11/h8,10-11,17H,1-7,9H2. The first-order valence-electron chi connectivity index (χ1n) is 7.50. The predicted molar refractivity (Wildman–Crippen MR) is 85.4 cm³/mol. The minimum absolute atomic E-state index is 0.138. The number of nitrogens with one attached hydrogen (secondary N) is 1. The molecule has 5 nitrogen and oxygen atoms in total. The molecule has 0 atom stereocenters. The van der Waals surface area contributed by atoms with Crippen LogP contribution in [0.2, 0.25) is 5.02 Å². The van der Waals surface area contributed by atoms with Gasteiger partial charge in [-0.1, -0.05) is 18.0 Å². The molecule has 2 heterocycles. The summed E-state index contributed by atoms with van der Waals surface area (Å²) >= 11 is 6.14. The van der Waals surface area contributed by atoms with Gasteiger partial charge in [-0.15, -0.1) is 0 Å². The number of nitrogens with zero attached hydrogens (tertiary/aromatic N) is 2. The van der Waals surface area contributed by atoms with E-state index in [9.17, 15) is 9.00 Å². The molecule has 116 valence electrons. The van der Waals surface area contributed by atoms with Crippen LogP contribution in [0.4, 0.5) is 5.69 Å². The van der Waals surface area contributed by atoms with Crippen molar-refractivity contribution in [2.24, 2.45) is 5.92 Å². The van der Waals surface area contributed by atoms with E-state index in [0.717, 1.165) is 12.8 Å². The highest BCUT2D eigenvalue weighted by atomic mass is 35.5. The van der Waals surface area contributed by atoms with Crippen LogP contribution in [0.15, 0.2) is 11.0 Å². The molecule has 1 aliphatic heterocycles. The van der Waals surface area contributed by atoms with Crippen molar-refractivity contribution in [2.75, 3.05) is 16.8 Å². The quantitative estimate of drug-likeness (QED) is 0.918. The molecule has 0 amide bonds. The fourth-order valence-electron chi connectivity index (χ4n) is 2.79. The summed E-state index contributed by atoms with van der Waals surface area (Å²) in [5.41, 5.74) is 0.310. The van der Waals surface area contributed by atoms with Gasteiger partial charge in [-0.2, -0.15) is 5.10 Å². The molecule has 7 heteroatoms. The molecule has 1 aromatic rings. The third-order valence-electron chi connectivity index (χ3n) is 4.39. The smallest absolute Gasteiger partial charge is 0.291 e. The van der Waals surface area contributed by atoms with E-state index in [2.05, 4.69) is 10.4 Å². The van der Waals surface area contributed by atoms with Gasteiger partial charge in [-0.25, -0.2) is 4.68 Å². The van der Waals surface area contributed by atoms with Crippen molar-refractivity contribution < 1.29 is 4.21 Å². The fourth-order valence-corrected chi connectivity index (χ4v) is 4.27. The maximum atomic E-state index is 12.5. The zero-order chi connectivity index (χ0) is 14.8. The first-order valence-corrected chi connectivity index (χ1v) is 9.37. The lowest BCUT2D eigenvalue weighted by molar-refractivity contribution is 0.262. The lowest BCUT2D eigenvalue weighted by atomic mass is 9.85. The third-order valence-corrected chi connectivity index (χ3v) is 6.06. The second kappa shape index (κ2) is 6.48. The van der Waals surface area contributed by atoms with Crippen LogP contribution < -0.4 is 10.9 Å². The molecule has 0 aromatic carbocycles. The second-order valence-corrected chi connectivity index (χ2v) is 8.02. The number of aromatic nitrogens is 2. The normalized spacial score (nSPS) is 26.3. The van der Waals surface area contributed by atoms with Crippen LogP contribution in [0.1, 0.15) is 32.1 Å². The molecular formula is C14H20ClN3O2S. The van der Waals surface area contributed by atoms with E-state index < -0.39 is 10.8 Å². The maximum absolute atomic E-state index is 12.5. The fraction of sp³-hybridized carbons (Fsp3) is 0.714. The van der Waals surface area contributed by atoms with Crippen LogP contribution in [-0.4, -0.2) is 31.5 Å². The zero-order valence-electron chi connectivity index (χ0n) is 11.9. The molecule has 1 N–H and O–H groups in total. The topological polar surface area (TPSA) is 64.0 Å². The van der Waals surface area contributed by atoms with E-state index in [4.69, 9.17) is 11.6 Å². The Labute approximate surface area is 131 Å². The molecule has 3 rings (SSSR count). The Bertz CT molecular complexity index is 590. The van der Waals surface area contributed by atoms with Gasteiger partial charge < -0.3 is 5.32 Å². The molecule has 0 radical (unpaired) electrons. The average Bonchev–Trinajstić information content (AvgIpc) is 2.43. The van der Waals surface area contributed by atoms with Crippen molar-refractivity contribution in [3.05, 3.63) is 21.6 Å². The monoisotopic (exact) mass is 329 g/mol. The Morgan fingerprint density at radius 1 is 1.33 bits per heavy atom. The highest BCUT2D eigenvalue weighted by Crippen LogP contribution is 2.27. The van der Waals surface area contributed by atoms with Crippen LogP contribution in [0.25, 0.3) is 0 Å². The van der Waals surface area contributed by atoms with E-state index >= 15 is 0 Å². The SMILES string of the molecule is O=c1c(NC2CCS(=O)CC2)c(Cl)cnn1CC1CCC1. The van der Waals surface area contributed by atoms with E-state index in [1.807, 2.05) is 0 Å². The van der Waals surface area contributed by atoms with Gasteiger partial charge in [0.15, 0.2) is 0 Å². The van der Waals surface area contributed by atoms with Gasteiger partial charge in [-0.3, -0.25) is 9.00 Å². The molecule has 0 bridgehead atoms. The molecule has 21 heavy (non-hydrogen) atoms. The van der Waals surface area contributed by atoms with Crippen molar-refractivity contribution in [3.8, 4) is 0 Å². The Morgan fingerprint density at radius 2 is 2.05 bits per heavy atom. The number of anilines is 1. The van der Waals surface area contributed by atoms with Crippen LogP contribution in [-0.2, 0) is 17.3 Å². The summed E-state index contributed by atoms with van der Waals surface area (Å²) in [5.74, 6) is 1.95. The molecular weight excluding hydrogens is 310 g/mol. The van der Waals surface area contributed by atoms with E-state index in [1.165, 1.54) is 23.9 Å². The molecule has 1 aromatic heterocycles. The number of hydrogen-bond donors (Lipinski definition) is 1. The van der Waals surface area contributed by atoms with Gasteiger partial charge in [-0.05, 0) is 31.6 Å². The average molecular weight is 330 g/mol. The summed E-state index contributed by atoms with van der Waals surface area (Å²) in [6, 6.07) is 0.174. The van der Waals surface area contributed by atoms with Crippen LogP contribution in [0, 0.1) is 5.92 Å². The summed E-state index contributed by atoms with van der Waals surface area (Å²) in [7, 11) is -0.704.